The Hall–Kier alpha value is -2.09. The molecular weight excluding hydrogens is 472 g/mol. The van der Waals surface area contributed by atoms with Gasteiger partial charge in [0.25, 0.3) is 0 Å². The summed E-state index contributed by atoms with van der Waals surface area (Å²) in [6.45, 7) is 0.669. The lowest BCUT2D eigenvalue weighted by atomic mass is 9.98. The molecule has 0 spiro atoms. The summed E-state index contributed by atoms with van der Waals surface area (Å²) in [5, 5.41) is 8.79. The van der Waals surface area contributed by atoms with E-state index < -0.39 is 0 Å². The number of halogens is 2. The normalized spacial score (nSPS) is 20.3. The maximum absolute atomic E-state index is 12.9. The Balaban J connectivity index is 1.44. The molecule has 5 nitrogen and oxygen atoms in total. The molecule has 5 rings (SSSR count). The fourth-order valence-electron chi connectivity index (χ4n) is 3.84. The van der Waals surface area contributed by atoms with E-state index in [4.69, 9.17) is 0 Å². The van der Waals surface area contributed by atoms with Gasteiger partial charge >= 0.3 is 0 Å². The summed E-state index contributed by atoms with van der Waals surface area (Å²) in [7, 11) is 0. The number of benzene rings is 2. The number of hydrogen-bond donors (Lipinski definition) is 4. The Kier molecular flexibility index (Phi) is 4.11. The Labute approximate surface area is 172 Å². The molecule has 1 aliphatic heterocycles. The second-order valence-corrected chi connectivity index (χ2v) is 8.60. The summed E-state index contributed by atoms with van der Waals surface area (Å²) in [5.41, 5.74) is 4.13. The molecule has 1 fully saturated rings. The minimum Gasteiger partial charge on any atom is -0.361 e. The lowest BCUT2D eigenvalue weighted by Gasteiger charge is -2.30. The van der Waals surface area contributed by atoms with Gasteiger partial charge in [-0.1, -0.05) is 44.0 Å². The summed E-state index contributed by atoms with van der Waals surface area (Å²) >= 11 is 6.98. The van der Waals surface area contributed by atoms with E-state index >= 15 is 0 Å². The first-order valence-corrected chi connectivity index (χ1v) is 10.3. The van der Waals surface area contributed by atoms with Crippen molar-refractivity contribution in [3.8, 4) is 0 Å². The van der Waals surface area contributed by atoms with Crippen molar-refractivity contribution in [2.75, 3.05) is 6.54 Å². The zero-order chi connectivity index (χ0) is 18.5. The Morgan fingerprint density at radius 2 is 1.44 bits per heavy atom. The van der Waals surface area contributed by atoms with Crippen molar-refractivity contribution in [1.82, 2.24) is 20.6 Å². The standard InChI is InChI=1S/C20H16Br2N4O/c21-10-1-3-12-14(7-23-16(12)5-10)18-9-25-19(20(27)26-18)15-8-24-17-6-11(22)2-4-13(15)17/h1-8,18-19,23-25H,9H2,(H,26,27)/t18-,19-/m1/s1. The summed E-state index contributed by atoms with van der Waals surface area (Å²) in [6.07, 6.45) is 3.89. The summed E-state index contributed by atoms with van der Waals surface area (Å²) < 4.78 is 2.04. The molecule has 4 aromatic rings. The van der Waals surface area contributed by atoms with Crippen molar-refractivity contribution >= 4 is 59.6 Å². The lowest BCUT2D eigenvalue weighted by molar-refractivity contribution is -0.125. The number of rotatable bonds is 2. The van der Waals surface area contributed by atoms with Gasteiger partial charge in [0.1, 0.15) is 6.04 Å². The second-order valence-electron chi connectivity index (χ2n) is 6.77. The van der Waals surface area contributed by atoms with Crippen LogP contribution in [-0.4, -0.2) is 22.4 Å². The Morgan fingerprint density at radius 3 is 2.07 bits per heavy atom. The smallest absolute Gasteiger partial charge is 0.242 e. The van der Waals surface area contributed by atoms with Crippen molar-refractivity contribution in [3.63, 3.8) is 0 Å². The van der Waals surface area contributed by atoms with Crippen LogP contribution in [0.5, 0.6) is 0 Å². The number of amides is 1. The minimum absolute atomic E-state index is 0.0125. The van der Waals surface area contributed by atoms with Crippen LogP contribution in [0, 0.1) is 0 Å². The summed E-state index contributed by atoms with van der Waals surface area (Å²) in [4.78, 5) is 19.4. The molecule has 27 heavy (non-hydrogen) atoms. The topological polar surface area (TPSA) is 72.7 Å². The van der Waals surface area contributed by atoms with E-state index in [0.29, 0.717) is 6.54 Å². The monoisotopic (exact) mass is 486 g/mol. The molecule has 4 N–H and O–H groups in total. The number of aromatic amines is 2. The molecule has 136 valence electrons. The van der Waals surface area contributed by atoms with Gasteiger partial charge in [-0.15, -0.1) is 0 Å². The third-order valence-electron chi connectivity index (χ3n) is 5.14. The predicted octanol–water partition coefficient (Wildman–Crippen LogP) is 4.68. The number of carbonyl (C=O) groups excluding carboxylic acids is 1. The molecule has 3 heterocycles. The maximum atomic E-state index is 12.9. The van der Waals surface area contributed by atoms with Gasteiger partial charge in [-0.05, 0) is 24.3 Å². The molecule has 0 unspecified atom stereocenters. The molecule has 1 amide bonds. The van der Waals surface area contributed by atoms with E-state index in [-0.39, 0.29) is 18.0 Å². The van der Waals surface area contributed by atoms with Crippen LogP contribution in [0.3, 0.4) is 0 Å². The second kappa shape index (κ2) is 6.51. The average Bonchev–Trinajstić information content (AvgIpc) is 3.25. The van der Waals surface area contributed by atoms with Crippen molar-refractivity contribution in [2.24, 2.45) is 0 Å². The van der Waals surface area contributed by atoms with Gasteiger partial charge in [0, 0.05) is 60.8 Å². The third kappa shape index (κ3) is 2.90. The fraction of sp³-hybridized carbons (Fsp3) is 0.150. The Bertz CT molecular complexity index is 1180. The highest BCUT2D eigenvalue weighted by Gasteiger charge is 2.31. The van der Waals surface area contributed by atoms with Crippen LogP contribution in [0.25, 0.3) is 21.8 Å². The highest BCUT2D eigenvalue weighted by molar-refractivity contribution is 9.10. The molecule has 2 atom stereocenters. The molecule has 0 radical (unpaired) electrons. The van der Waals surface area contributed by atoms with E-state index in [2.05, 4.69) is 58.5 Å². The van der Waals surface area contributed by atoms with Gasteiger partial charge < -0.3 is 15.3 Å². The van der Waals surface area contributed by atoms with Gasteiger partial charge in [0.15, 0.2) is 0 Å². The summed E-state index contributed by atoms with van der Waals surface area (Å²) in [5.74, 6) is -0.0125. The first-order chi connectivity index (χ1) is 13.1. The van der Waals surface area contributed by atoms with Crippen LogP contribution in [0.15, 0.2) is 57.7 Å². The SMILES string of the molecule is O=C1N[C@@H](c2c[nH]c3cc(Br)ccc23)CN[C@@H]1c1c[nH]c2cc(Br)ccc12. The number of aromatic nitrogens is 2. The van der Waals surface area contributed by atoms with E-state index in [9.17, 15) is 4.79 Å². The van der Waals surface area contributed by atoms with Crippen LogP contribution in [0.4, 0.5) is 0 Å². The number of carbonyl (C=O) groups is 1. The maximum Gasteiger partial charge on any atom is 0.242 e. The van der Waals surface area contributed by atoms with Gasteiger partial charge in [0.2, 0.25) is 5.91 Å². The number of H-pyrrole nitrogens is 2. The van der Waals surface area contributed by atoms with Crippen LogP contribution in [-0.2, 0) is 4.79 Å². The largest absolute Gasteiger partial charge is 0.361 e. The minimum atomic E-state index is -0.365. The molecule has 0 aliphatic carbocycles. The van der Waals surface area contributed by atoms with Crippen LogP contribution in [0.2, 0.25) is 0 Å². The third-order valence-corrected chi connectivity index (χ3v) is 6.13. The zero-order valence-electron chi connectivity index (χ0n) is 14.1. The van der Waals surface area contributed by atoms with Gasteiger partial charge in [-0.2, -0.15) is 0 Å². The average molecular weight is 488 g/mol. The van der Waals surface area contributed by atoms with E-state index in [0.717, 1.165) is 41.9 Å². The fourth-order valence-corrected chi connectivity index (χ4v) is 4.56. The predicted molar refractivity (Wildman–Crippen MR) is 114 cm³/mol. The van der Waals surface area contributed by atoms with E-state index in [1.54, 1.807) is 0 Å². The highest BCUT2D eigenvalue weighted by Crippen LogP contribution is 2.32. The number of fused-ring (bicyclic) bond motifs is 2. The Morgan fingerprint density at radius 1 is 0.852 bits per heavy atom. The molecule has 1 saturated heterocycles. The molecule has 2 aromatic heterocycles. The molecular formula is C20H16Br2N4O. The van der Waals surface area contributed by atoms with Gasteiger partial charge in [-0.3, -0.25) is 10.1 Å². The molecule has 7 heteroatoms. The first-order valence-electron chi connectivity index (χ1n) is 8.67. The lowest BCUT2D eigenvalue weighted by Crippen LogP contribution is -2.49. The van der Waals surface area contributed by atoms with Gasteiger partial charge in [0.05, 0.1) is 6.04 Å². The van der Waals surface area contributed by atoms with E-state index in [1.165, 1.54) is 0 Å². The van der Waals surface area contributed by atoms with Crippen LogP contribution < -0.4 is 10.6 Å². The molecule has 1 aliphatic rings. The number of piperazine rings is 1. The van der Waals surface area contributed by atoms with Crippen molar-refractivity contribution < 1.29 is 4.79 Å². The summed E-state index contributed by atoms with van der Waals surface area (Å²) in [6, 6.07) is 11.7. The van der Waals surface area contributed by atoms with Crippen molar-refractivity contribution in [2.45, 2.75) is 12.1 Å². The number of hydrogen-bond acceptors (Lipinski definition) is 2. The highest BCUT2D eigenvalue weighted by atomic mass is 79.9. The zero-order valence-corrected chi connectivity index (χ0v) is 17.3. The first kappa shape index (κ1) is 17.0. The van der Waals surface area contributed by atoms with Crippen LogP contribution in [0.1, 0.15) is 23.2 Å². The van der Waals surface area contributed by atoms with Crippen LogP contribution >= 0.6 is 31.9 Å². The van der Waals surface area contributed by atoms with Crippen molar-refractivity contribution in [1.29, 1.82) is 0 Å². The van der Waals surface area contributed by atoms with E-state index in [1.807, 2.05) is 42.7 Å². The number of nitrogens with one attached hydrogen (secondary N) is 4. The molecule has 0 bridgehead atoms. The van der Waals surface area contributed by atoms with Crippen molar-refractivity contribution in [3.05, 3.63) is 68.9 Å². The molecule has 0 saturated carbocycles. The molecule has 2 aromatic carbocycles. The quantitative estimate of drug-likeness (QED) is 0.331. The van der Waals surface area contributed by atoms with Gasteiger partial charge in [-0.25, -0.2) is 0 Å².